The van der Waals surface area contributed by atoms with Gasteiger partial charge in [-0.1, -0.05) is 6.92 Å². The topological polar surface area (TPSA) is 13.1 Å². The van der Waals surface area contributed by atoms with Crippen LogP contribution in [0.15, 0.2) is 16.5 Å². The molecular formula is C7H12O. The van der Waals surface area contributed by atoms with Crippen LogP contribution in [0.3, 0.4) is 0 Å². The van der Waals surface area contributed by atoms with Crippen molar-refractivity contribution in [3.8, 4) is 0 Å². The van der Waals surface area contributed by atoms with E-state index in [1.807, 2.05) is 19.1 Å². The number of aryl methyl sites for hydroxylation is 2. The van der Waals surface area contributed by atoms with E-state index in [1.54, 1.807) is 0 Å². The summed E-state index contributed by atoms with van der Waals surface area (Å²) in [6, 6.07) is 3.99. The van der Waals surface area contributed by atoms with E-state index in [4.69, 9.17) is 4.42 Å². The summed E-state index contributed by atoms with van der Waals surface area (Å²) in [5.41, 5.74) is 0. The lowest BCUT2D eigenvalue weighted by Crippen LogP contribution is -1.67. The van der Waals surface area contributed by atoms with Gasteiger partial charge in [0.05, 0.1) is 0 Å². The van der Waals surface area contributed by atoms with Crippen molar-refractivity contribution in [2.24, 2.45) is 0 Å². The quantitative estimate of drug-likeness (QED) is 0.543. The van der Waals surface area contributed by atoms with Crippen LogP contribution in [0.5, 0.6) is 0 Å². The Bertz CT molecular complexity index is 169. The molecule has 0 N–H and O–H groups in total. The Morgan fingerprint density at radius 3 is 2.62 bits per heavy atom. The van der Waals surface area contributed by atoms with Crippen LogP contribution in [-0.4, -0.2) is 0 Å². The Morgan fingerprint density at radius 1 is 1.62 bits per heavy atom. The van der Waals surface area contributed by atoms with Crippen molar-refractivity contribution in [1.82, 2.24) is 0 Å². The molecule has 0 saturated heterocycles. The fourth-order valence-corrected chi connectivity index (χ4v) is 0.675. The van der Waals surface area contributed by atoms with E-state index in [9.17, 15) is 0 Å². The van der Waals surface area contributed by atoms with Gasteiger partial charge in [0.1, 0.15) is 11.5 Å². The molecule has 0 unspecified atom stereocenters. The SMILES string of the molecule is CCc1ccc(C)o1.[HH]. The Kier molecular flexibility index (Phi) is 1.38. The lowest BCUT2D eigenvalue weighted by Gasteiger charge is -1.83. The van der Waals surface area contributed by atoms with Crippen molar-refractivity contribution >= 4 is 0 Å². The number of rotatable bonds is 1. The highest BCUT2D eigenvalue weighted by molar-refractivity contribution is 5.04. The van der Waals surface area contributed by atoms with Gasteiger partial charge in [0.15, 0.2) is 0 Å². The fraction of sp³-hybridized carbons (Fsp3) is 0.429. The zero-order valence-corrected chi connectivity index (χ0v) is 5.27. The number of furan rings is 1. The van der Waals surface area contributed by atoms with Gasteiger partial charge in [0.2, 0.25) is 0 Å². The van der Waals surface area contributed by atoms with Crippen LogP contribution in [0, 0.1) is 6.92 Å². The van der Waals surface area contributed by atoms with Gasteiger partial charge in [0.25, 0.3) is 0 Å². The maximum atomic E-state index is 5.23. The number of hydrogen-bond acceptors (Lipinski definition) is 1. The second kappa shape index (κ2) is 2.03. The Hall–Kier alpha value is -0.720. The van der Waals surface area contributed by atoms with Crippen LogP contribution in [0.4, 0.5) is 0 Å². The van der Waals surface area contributed by atoms with Crippen LogP contribution in [0.2, 0.25) is 0 Å². The largest absolute Gasteiger partial charge is 0.466 e. The first-order chi connectivity index (χ1) is 3.83. The molecule has 1 aromatic rings. The van der Waals surface area contributed by atoms with E-state index >= 15 is 0 Å². The van der Waals surface area contributed by atoms with Crippen LogP contribution in [0.25, 0.3) is 0 Å². The molecule has 0 radical (unpaired) electrons. The predicted molar refractivity (Wildman–Crippen MR) is 34.9 cm³/mol. The van der Waals surface area contributed by atoms with E-state index in [-0.39, 0.29) is 1.43 Å². The lowest BCUT2D eigenvalue weighted by atomic mass is 10.4. The first kappa shape index (κ1) is 5.42. The van der Waals surface area contributed by atoms with E-state index < -0.39 is 0 Å². The molecule has 1 rings (SSSR count). The highest BCUT2D eigenvalue weighted by Gasteiger charge is 1.91. The van der Waals surface area contributed by atoms with E-state index in [0.29, 0.717) is 0 Å². The minimum Gasteiger partial charge on any atom is -0.466 e. The van der Waals surface area contributed by atoms with Crippen LogP contribution >= 0.6 is 0 Å². The third kappa shape index (κ3) is 0.915. The van der Waals surface area contributed by atoms with Crippen LogP contribution < -0.4 is 0 Å². The molecule has 1 aromatic heterocycles. The average Bonchev–Trinajstić information content (AvgIpc) is 2.14. The summed E-state index contributed by atoms with van der Waals surface area (Å²) >= 11 is 0. The summed E-state index contributed by atoms with van der Waals surface area (Å²) < 4.78 is 5.23. The summed E-state index contributed by atoms with van der Waals surface area (Å²) in [5.74, 6) is 2.07. The third-order valence-corrected chi connectivity index (χ3v) is 1.14. The molecule has 0 fully saturated rings. The van der Waals surface area contributed by atoms with Crippen molar-refractivity contribution in [3.05, 3.63) is 23.7 Å². The van der Waals surface area contributed by atoms with E-state index in [2.05, 4.69) is 6.92 Å². The molecule has 46 valence electrons. The zero-order chi connectivity index (χ0) is 5.98. The van der Waals surface area contributed by atoms with Gasteiger partial charge in [-0.25, -0.2) is 0 Å². The molecule has 0 saturated carbocycles. The molecule has 1 nitrogen and oxygen atoms in total. The molecule has 0 bridgehead atoms. The Morgan fingerprint density at radius 2 is 2.38 bits per heavy atom. The molecule has 0 spiro atoms. The molecule has 0 aliphatic carbocycles. The predicted octanol–water partition coefficient (Wildman–Crippen LogP) is 2.40. The maximum Gasteiger partial charge on any atom is 0.103 e. The first-order valence-corrected chi connectivity index (χ1v) is 2.88. The Labute approximate surface area is 50.8 Å². The van der Waals surface area contributed by atoms with Gasteiger partial charge >= 0.3 is 0 Å². The lowest BCUT2D eigenvalue weighted by molar-refractivity contribution is 0.489. The summed E-state index contributed by atoms with van der Waals surface area (Å²) in [6.07, 6.45) is 0.994. The van der Waals surface area contributed by atoms with Gasteiger partial charge in [-0.3, -0.25) is 0 Å². The molecule has 0 aliphatic rings. The molecule has 1 heteroatoms. The van der Waals surface area contributed by atoms with Crippen LogP contribution in [0.1, 0.15) is 19.9 Å². The molecule has 0 aromatic carbocycles. The smallest absolute Gasteiger partial charge is 0.103 e. The minimum atomic E-state index is 0. The van der Waals surface area contributed by atoms with Crippen LogP contribution in [-0.2, 0) is 6.42 Å². The summed E-state index contributed by atoms with van der Waals surface area (Å²) in [5, 5.41) is 0. The van der Waals surface area contributed by atoms with Gasteiger partial charge in [0, 0.05) is 7.85 Å². The average molecular weight is 112 g/mol. The minimum absolute atomic E-state index is 0. The summed E-state index contributed by atoms with van der Waals surface area (Å²) in [7, 11) is 0. The second-order valence-electron chi connectivity index (χ2n) is 1.87. The summed E-state index contributed by atoms with van der Waals surface area (Å²) in [6.45, 7) is 4.04. The second-order valence-corrected chi connectivity index (χ2v) is 1.87. The van der Waals surface area contributed by atoms with Crippen molar-refractivity contribution in [2.45, 2.75) is 20.3 Å². The van der Waals surface area contributed by atoms with Crippen molar-refractivity contribution in [2.75, 3.05) is 0 Å². The highest BCUT2D eigenvalue weighted by atomic mass is 16.3. The van der Waals surface area contributed by atoms with Gasteiger partial charge in [-0.05, 0) is 19.1 Å². The van der Waals surface area contributed by atoms with Crippen molar-refractivity contribution in [3.63, 3.8) is 0 Å². The first-order valence-electron chi connectivity index (χ1n) is 2.88. The molecule has 0 atom stereocenters. The van der Waals surface area contributed by atoms with E-state index in [1.165, 1.54) is 0 Å². The molecule has 1 heterocycles. The zero-order valence-electron chi connectivity index (χ0n) is 5.27. The van der Waals surface area contributed by atoms with Gasteiger partial charge < -0.3 is 4.42 Å². The molecule has 0 amide bonds. The van der Waals surface area contributed by atoms with Gasteiger partial charge in [-0.15, -0.1) is 0 Å². The van der Waals surface area contributed by atoms with Crippen molar-refractivity contribution < 1.29 is 5.84 Å². The van der Waals surface area contributed by atoms with Gasteiger partial charge in [-0.2, -0.15) is 0 Å². The molecular weight excluding hydrogens is 100 g/mol. The van der Waals surface area contributed by atoms with Crippen molar-refractivity contribution in [1.29, 1.82) is 0 Å². The fourth-order valence-electron chi connectivity index (χ4n) is 0.675. The summed E-state index contributed by atoms with van der Waals surface area (Å²) in [4.78, 5) is 0. The third-order valence-electron chi connectivity index (χ3n) is 1.14. The normalized spacial score (nSPS) is 9.75. The van der Waals surface area contributed by atoms with E-state index in [0.717, 1.165) is 17.9 Å². The monoisotopic (exact) mass is 112 g/mol. The maximum absolute atomic E-state index is 5.23. The molecule has 8 heavy (non-hydrogen) atoms. The standard InChI is InChI=1S/C7H10O.H2/c1-3-7-5-4-6(2)8-7;/h4-5H,3H2,1-2H3;1H. The Balaban J connectivity index is 0.000000640. The number of hydrogen-bond donors (Lipinski definition) is 0. The highest BCUT2D eigenvalue weighted by Crippen LogP contribution is 2.05. The molecule has 0 aliphatic heterocycles.